The normalized spacial score (nSPS) is 13.1. The Balaban J connectivity index is 1.46. The lowest BCUT2D eigenvalue weighted by Gasteiger charge is -2.12. The zero-order chi connectivity index (χ0) is 21.3. The third kappa shape index (κ3) is 4.00. The molecular formula is C22H24N4O3S. The molecule has 0 radical (unpaired) electrons. The number of amides is 2. The van der Waals surface area contributed by atoms with E-state index in [4.69, 9.17) is 0 Å². The van der Waals surface area contributed by atoms with Crippen LogP contribution >= 0.6 is 11.3 Å². The lowest BCUT2D eigenvalue weighted by Crippen LogP contribution is -2.24. The summed E-state index contributed by atoms with van der Waals surface area (Å²) in [6.07, 6.45) is 5.90. The highest BCUT2D eigenvalue weighted by molar-refractivity contribution is 7.18. The van der Waals surface area contributed by atoms with E-state index in [1.54, 1.807) is 49.7 Å². The zero-order valence-electron chi connectivity index (χ0n) is 17.1. The molecule has 0 fully saturated rings. The predicted molar refractivity (Wildman–Crippen MR) is 118 cm³/mol. The molecule has 0 spiro atoms. The van der Waals surface area contributed by atoms with Crippen LogP contribution in [0, 0.1) is 0 Å². The fourth-order valence-electron chi connectivity index (χ4n) is 3.77. The molecule has 1 aliphatic rings. The van der Waals surface area contributed by atoms with Gasteiger partial charge in [-0.2, -0.15) is 0 Å². The van der Waals surface area contributed by atoms with E-state index >= 15 is 0 Å². The van der Waals surface area contributed by atoms with Crippen LogP contribution in [0.5, 0.6) is 0 Å². The maximum atomic E-state index is 13.0. The molecule has 0 bridgehead atoms. The molecule has 0 aliphatic heterocycles. The Kier molecular flexibility index (Phi) is 5.67. The van der Waals surface area contributed by atoms with Gasteiger partial charge >= 0.3 is 0 Å². The van der Waals surface area contributed by atoms with Gasteiger partial charge in [0, 0.05) is 43.2 Å². The molecule has 7 nitrogen and oxygen atoms in total. The van der Waals surface area contributed by atoms with Crippen LogP contribution in [-0.4, -0.2) is 40.4 Å². The molecule has 4 rings (SSSR count). The summed E-state index contributed by atoms with van der Waals surface area (Å²) in [6.45, 7) is 0.258. The maximum Gasteiger partial charge on any atom is 0.262 e. The largest absolute Gasteiger partial charge is 0.345 e. The molecular weight excluding hydrogens is 400 g/mol. The van der Waals surface area contributed by atoms with Crippen molar-refractivity contribution in [3.05, 3.63) is 57.0 Å². The number of nitrogens with one attached hydrogen (secondary N) is 1. The van der Waals surface area contributed by atoms with Gasteiger partial charge in [-0.3, -0.25) is 19.0 Å². The number of aromatic nitrogens is 2. The fraction of sp³-hybridized carbons (Fsp3) is 0.364. The minimum Gasteiger partial charge on any atom is -0.345 e. The second-order valence-electron chi connectivity index (χ2n) is 7.71. The van der Waals surface area contributed by atoms with Gasteiger partial charge in [0.15, 0.2) is 0 Å². The van der Waals surface area contributed by atoms with E-state index in [0.29, 0.717) is 11.3 Å². The molecule has 0 atom stereocenters. The van der Waals surface area contributed by atoms with E-state index in [2.05, 4.69) is 10.3 Å². The van der Waals surface area contributed by atoms with Crippen molar-refractivity contribution < 1.29 is 9.59 Å². The van der Waals surface area contributed by atoms with E-state index < -0.39 is 0 Å². The molecule has 3 aromatic rings. The van der Waals surface area contributed by atoms with E-state index in [0.717, 1.165) is 41.5 Å². The molecule has 30 heavy (non-hydrogen) atoms. The summed E-state index contributed by atoms with van der Waals surface area (Å²) in [5.74, 6) is -0.347. The van der Waals surface area contributed by atoms with Gasteiger partial charge in [0.2, 0.25) is 5.91 Å². The van der Waals surface area contributed by atoms with Gasteiger partial charge in [-0.1, -0.05) is 6.07 Å². The highest BCUT2D eigenvalue weighted by Gasteiger charge is 2.20. The Labute approximate surface area is 178 Å². The minimum atomic E-state index is -0.219. The van der Waals surface area contributed by atoms with Gasteiger partial charge in [-0.15, -0.1) is 11.3 Å². The number of fused-ring (bicyclic) bond motifs is 3. The highest BCUT2D eigenvalue weighted by Crippen LogP contribution is 2.33. The molecule has 1 aromatic carbocycles. The first kappa shape index (κ1) is 20.3. The molecule has 156 valence electrons. The number of hydrogen-bond acceptors (Lipinski definition) is 5. The summed E-state index contributed by atoms with van der Waals surface area (Å²) in [7, 11) is 3.36. The number of nitrogens with zero attached hydrogens (tertiary/aromatic N) is 3. The molecule has 0 saturated carbocycles. The lowest BCUT2D eigenvalue weighted by atomic mass is 9.97. The fourth-order valence-corrected chi connectivity index (χ4v) is 4.99. The lowest BCUT2D eigenvalue weighted by molar-refractivity contribution is -0.116. The zero-order valence-corrected chi connectivity index (χ0v) is 17.9. The van der Waals surface area contributed by atoms with Crippen molar-refractivity contribution in [3.63, 3.8) is 0 Å². The quantitative estimate of drug-likeness (QED) is 0.682. The van der Waals surface area contributed by atoms with Crippen molar-refractivity contribution in [3.8, 4) is 0 Å². The number of hydrogen-bond donors (Lipinski definition) is 1. The van der Waals surface area contributed by atoms with Gasteiger partial charge in [0.25, 0.3) is 11.5 Å². The second kappa shape index (κ2) is 8.39. The molecule has 0 unspecified atom stereocenters. The Morgan fingerprint density at radius 3 is 2.83 bits per heavy atom. The summed E-state index contributed by atoms with van der Waals surface area (Å²) in [5.41, 5.74) is 2.15. The van der Waals surface area contributed by atoms with E-state index in [1.807, 2.05) is 0 Å². The Morgan fingerprint density at radius 1 is 1.23 bits per heavy atom. The third-order valence-electron chi connectivity index (χ3n) is 5.32. The number of carbonyl (C=O) groups is 2. The van der Waals surface area contributed by atoms with Crippen molar-refractivity contribution in [2.45, 2.75) is 38.6 Å². The number of anilines is 1. The van der Waals surface area contributed by atoms with Crippen LogP contribution in [0.15, 0.2) is 35.4 Å². The van der Waals surface area contributed by atoms with Gasteiger partial charge in [0.1, 0.15) is 4.83 Å². The molecule has 2 amide bonds. The van der Waals surface area contributed by atoms with Crippen molar-refractivity contribution in [1.82, 2.24) is 14.5 Å². The van der Waals surface area contributed by atoms with Gasteiger partial charge in [-0.25, -0.2) is 4.98 Å². The van der Waals surface area contributed by atoms with Crippen LogP contribution < -0.4 is 10.9 Å². The monoisotopic (exact) mass is 424 g/mol. The van der Waals surface area contributed by atoms with E-state index in [-0.39, 0.29) is 30.3 Å². The van der Waals surface area contributed by atoms with E-state index in [1.165, 1.54) is 20.7 Å². The first-order chi connectivity index (χ1) is 14.4. The van der Waals surface area contributed by atoms with Gasteiger partial charge in [-0.05, 0) is 49.4 Å². The van der Waals surface area contributed by atoms with Crippen molar-refractivity contribution in [1.29, 1.82) is 0 Å². The van der Waals surface area contributed by atoms with Crippen LogP contribution in [0.2, 0.25) is 0 Å². The van der Waals surface area contributed by atoms with Crippen LogP contribution in [0.1, 0.15) is 40.1 Å². The Morgan fingerprint density at radius 2 is 2.03 bits per heavy atom. The Bertz CT molecular complexity index is 1180. The summed E-state index contributed by atoms with van der Waals surface area (Å²) in [5, 5.41) is 3.53. The van der Waals surface area contributed by atoms with Crippen LogP contribution in [0.3, 0.4) is 0 Å². The summed E-state index contributed by atoms with van der Waals surface area (Å²) in [6, 6.07) is 6.83. The average Bonchev–Trinajstić information content (AvgIpc) is 3.12. The number of aryl methyl sites for hydroxylation is 3. The summed E-state index contributed by atoms with van der Waals surface area (Å²) < 4.78 is 1.52. The molecule has 0 saturated heterocycles. The third-order valence-corrected chi connectivity index (χ3v) is 6.52. The van der Waals surface area contributed by atoms with Crippen molar-refractivity contribution in [2.24, 2.45) is 0 Å². The number of thiophene rings is 1. The molecule has 2 aromatic heterocycles. The maximum absolute atomic E-state index is 13.0. The summed E-state index contributed by atoms with van der Waals surface area (Å²) in [4.78, 5) is 45.5. The Hall–Kier alpha value is -3.00. The SMILES string of the molecule is CN(C)C(=O)c1cccc(NC(=O)CCn2cnc3sc4c(c3c2=O)CCCC4)c1. The van der Waals surface area contributed by atoms with Crippen molar-refractivity contribution in [2.75, 3.05) is 19.4 Å². The van der Waals surface area contributed by atoms with Gasteiger partial charge < -0.3 is 10.2 Å². The number of rotatable bonds is 5. The van der Waals surface area contributed by atoms with Crippen LogP contribution in [0.4, 0.5) is 5.69 Å². The highest BCUT2D eigenvalue weighted by atomic mass is 32.1. The topological polar surface area (TPSA) is 84.3 Å². The average molecular weight is 425 g/mol. The minimum absolute atomic E-state index is 0.0641. The molecule has 2 heterocycles. The van der Waals surface area contributed by atoms with Gasteiger partial charge in [0.05, 0.1) is 11.7 Å². The predicted octanol–water partition coefficient (Wildman–Crippen LogP) is 3.07. The number of carbonyl (C=O) groups excluding carboxylic acids is 2. The van der Waals surface area contributed by atoms with E-state index in [9.17, 15) is 14.4 Å². The number of benzene rings is 1. The molecule has 1 N–H and O–H groups in total. The smallest absolute Gasteiger partial charge is 0.262 e. The van der Waals surface area contributed by atoms with Crippen molar-refractivity contribution >= 4 is 39.1 Å². The van der Waals surface area contributed by atoms with Crippen LogP contribution in [0.25, 0.3) is 10.2 Å². The second-order valence-corrected chi connectivity index (χ2v) is 8.80. The molecule has 1 aliphatic carbocycles. The first-order valence-electron chi connectivity index (χ1n) is 10.1. The standard InChI is InChI=1S/C22H24N4O3S/c1-25(2)21(28)14-6-5-7-15(12-14)24-18(27)10-11-26-13-23-20-19(22(26)29)16-8-3-4-9-17(16)30-20/h5-7,12-13H,3-4,8-11H2,1-2H3,(H,24,27). The van der Waals surface area contributed by atoms with Crippen LogP contribution in [-0.2, 0) is 24.2 Å². The summed E-state index contributed by atoms with van der Waals surface area (Å²) >= 11 is 1.62. The first-order valence-corrected chi connectivity index (χ1v) is 10.9. The molecule has 8 heteroatoms.